The zero-order valence-electron chi connectivity index (χ0n) is 13.0. The van der Waals surface area contributed by atoms with Crippen molar-refractivity contribution in [3.63, 3.8) is 0 Å². The summed E-state index contributed by atoms with van der Waals surface area (Å²) in [5.74, 6) is -0.581. The molecule has 114 valence electrons. The summed E-state index contributed by atoms with van der Waals surface area (Å²) in [7, 11) is 0. The number of hydrogen-bond acceptors (Lipinski definition) is 2. The molecule has 2 aromatic rings. The van der Waals surface area contributed by atoms with Gasteiger partial charge in [-0.05, 0) is 55.5 Å². The van der Waals surface area contributed by atoms with E-state index in [-0.39, 0.29) is 5.92 Å². The Morgan fingerprint density at radius 3 is 2.62 bits per heavy atom. The first-order valence-electron chi connectivity index (χ1n) is 7.58. The van der Waals surface area contributed by atoms with Crippen LogP contribution in [0.3, 0.4) is 0 Å². The Morgan fingerprint density at radius 1 is 1.38 bits per heavy atom. The van der Waals surface area contributed by atoms with Gasteiger partial charge in [-0.15, -0.1) is 0 Å². The van der Waals surface area contributed by atoms with Gasteiger partial charge >= 0.3 is 5.97 Å². The van der Waals surface area contributed by atoms with Crippen molar-refractivity contribution in [3.05, 3.63) is 35.0 Å². The van der Waals surface area contributed by atoms with Crippen LogP contribution in [-0.4, -0.2) is 22.2 Å². The summed E-state index contributed by atoms with van der Waals surface area (Å²) in [5.41, 5.74) is 9.45. The van der Waals surface area contributed by atoms with Crippen LogP contribution in [0.15, 0.2) is 18.3 Å². The lowest BCUT2D eigenvalue weighted by Crippen LogP contribution is -2.02. The Labute approximate surface area is 125 Å². The number of aromatic carboxylic acids is 1. The van der Waals surface area contributed by atoms with E-state index < -0.39 is 5.97 Å². The molecule has 0 aliphatic rings. The van der Waals surface area contributed by atoms with Gasteiger partial charge in [0.25, 0.3) is 0 Å². The fraction of sp³-hybridized carbons (Fsp3) is 0.471. The Bertz CT molecular complexity index is 656. The number of carbonyl (C=O) groups is 1. The molecule has 0 spiro atoms. The Hall–Kier alpha value is -1.81. The highest BCUT2D eigenvalue weighted by Gasteiger charge is 2.17. The lowest BCUT2D eigenvalue weighted by molar-refractivity contribution is 0.0697. The third kappa shape index (κ3) is 2.95. The lowest BCUT2D eigenvalue weighted by atomic mass is 9.95. The van der Waals surface area contributed by atoms with Crippen LogP contribution >= 0.6 is 0 Å². The maximum atomic E-state index is 11.4. The van der Waals surface area contributed by atoms with Gasteiger partial charge in [-0.25, -0.2) is 4.79 Å². The van der Waals surface area contributed by atoms with E-state index in [1.165, 1.54) is 11.1 Å². The quantitative estimate of drug-likeness (QED) is 0.856. The topological polar surface area (TPSA) is 68.2 Å². The van der Waals surface area contributed by atoms with E-state index in [2.05, 4.69) is 31.5 Å². The van der Waals surface area contributed by atoms with Crippen molar-refractivity contribution in [2.75, 3.05) is 6.54 Å². The van der Waals surface area contributed by atoms with Crippen molar-refractivity contribution < 1.29 is 9.90 Å². The number of hydrogen-bond donors (Lipinski definition) is 2. The van der Waals surface area contributed by atoms with Crippen molar-refractivity contribution in [1.82, 2.24) is 4.57 Å². The molecule has 1 aromatic heterocycles. The second-order valence-electron chi connectivity index (χ2n) is 5.75. The number of carboxylic acid groups (broad SMARTS) is 1. The second kappa shape index (κ2) is 6.31. The monoisotopic (exact) mass is 288 g/mol. The van der Waals surface area contributed by atoms with Crippen molar-refractivity contribution in [1.29, 1.82) is 0 Å². The summed E-state index contributed by atoms with van der Waals surface area (Å²) in [4.78, 5) is 11.4. The van der Waals surface area contributed by atoms with E-state index in [0.29, 0.717) is 12.1 Å². The summed E-state index contributed by atoms with van der Waals surface area (Å²) >= 11 is 0. The zero-order valence-corrected chi connectivity index (χ0v) is 13.0. The fourth-order valence-corrected chi connectivity index (χ4v) is 2.85. The van der Waals surface area contributed by atoms with Crippen LogP contribution in [0.4, 0.5) is 0 Å². The van der Waals surface area contributed by atoms with Crippen molar-refractivity contribution in [3.8, 4) is 0 Å². The highest BCUT2D eigenvalue weighted by Crippen LogP contribution is 2.31. The number of rotatable bonds is 6. The molecule has 3 N–H and O–H groups in total. The Balaban J connectivity index is 2.74. The number of nitrogens with zero attached hydrogens (tertiary/aromatic N) is 1. The third-order valence-corrected chi connectivity index (χ3v) is 3.94. The number of aromatic nitrogens is 1. The molecule has 4 heteroatoms. The van der Waals surface area contributed by atoms with Gasteiger partial charge in [-0.3, -0.25) is 0 Å². The number of benzene rings is 1. The van der Waals surface area contributed by atoms with Crippen molar-refractivity contribution in [2.24, 2.45) is 5.73 Å². The van der Waals surface area contributed by atoms with Crippen molar-refractivity contribution in [2.45, 2.75) is 46.1 Å². The van der Waals surface area contributed by atoms with Crippen LogP contribution in [0, 0.1) is 0 Å². The van der Waals surface area contributed by atoms with Crippen LogP contribution in [0.5, 0.6) is 0 Å². The predicted molar refractivity (Wildman–Crippen MR) is 86.0 cm³/mol. The van der Waals surface area contributed by atoms with Gasteiger partial charge in [0.2, 0.25) is 0 Å². The lowest BCUT2D eigenvalue weighted by Gasteiger charge is -2.12. The van der Waals surface area contributed by atoms with Gasteiger partial charge in [-0.1, -0.05) is 13.8 Å². The molecule has 0 bridgehead atoms. The highest BCUT2D eigenvalue weighted by atomic mass is 16.4. The molecule has 0 saturated carbocycles. The SMILES string of the molecule is CCn1cc(CCCN)c2cc(C(=O)O)cc(C(C)C)c21. The minimum Gasteiger partial charge on any atom is -0.478 e. The first-order chi connectivity index (χ1) is 9.99. The molecule has 0 aliphatic carbocycles. The van der Waals surface area contributed by atoms with Crippen LogP contribution in [0.25, 0.3) is 10.9 Å². The number of fused-ring (bicyclic) bond motifs is 1. The second-order valence-corrected chi connectivity index (χ2v) is 5.75. The van der Waals surface area contributed by atoms with Gasteiger partial charge in [-0.2, -0.15) is 0 Å². The van der Waals surface area contributed by atoms with Gasteiger partial charge < -0.3 is 15.4 Å². The molecular weight excluding hydrogens is 264 g/mol. The molecule has 0 fully saturated rings. The molecule has 0 aliphatic heterocycles. The van der Waals surface area contributed by atoms with E-state index in [9.17, 15) is 9.90 Å². The Kier molecular flexibility index (Phi) is 4.68. The molecule has 0 saturated heterocycles. The summed E-state index contributed by atoms with van der Waals surface area (Å²) in [6, 6.07) is 3.62. The molecule has 1 aromatic carbocycles. The zero-order chi connectivity index (χ0) is 15.6. The summed E-state index contributed by atoms with van der Waals surface area (Å²) in [5, 5.41) is 10.4. The number of aryl methyl sites for hydroxylation is 2. The molecule has 0 amide bonds. The first kappa shape index (κ1) is 15.6. The maximum absolute atomic E-state index is 11.4. The van der Waals surface area contributed by atoms with Gasteiger partial charge in [0.1, 0.15) is 0 Å². The van der Waals surface area contributed by atoms with Crippen LogP contribution in [-0.2, 0) is 13.0 Å². The fourth-order valence-electron chi connectivity index (χ4n) is 2.85. The maximum Gasteiger partial charge on any atom is 0.335 e. The van der Waals surface area contributed by atoms with E-state index in [4.69, 9.17) is 5.73 Å². The van der Waals surface area contributed by atoms with E-state index in [1.807, 2.05) is 12.1 Å². The smallest absolute Gasteiger partial charge is 0.335 e. The minimum absolute atomic E-state index is 0.286. The summed E-state index contributed by atoms with van der Waals surface area (Å²) < 4.78 is 2.22. The van der Waals surface area contributed by atoms with Gasteiger partial charge in [0.05, 0.1) is 11.1 Å². The largest absolute Gasteiger partial charge is 0.478 e. The summed E-state index contributed by atoms with van der Waals surface area (Å²) in [6.45, 7) is 7.85. The first-order valence-corrected chi connectivity index (χ1v) is 7.58. The van der Waals surface area contributed by atoms with Crippen LogP contribution < -0.4 is 5.73 Å². The van der Waals surface area contributed by atoms with Gasteiger partial charge in [0.15, 0.2) is 0 Å². The van der Waals surface area contributed by atoms with Crippen LogP contribution in [0.2, 0.25) is 0 Å². The number of carboxylic acids is 1. The van der Waals surface area contributed by atoms with E-state index >= 15 is 0 Å². The van der Waals surface area contributed by atoms with E-state index in [1.54, 1.807) is 0 Å². The molecule has 2 rings (SSSR count). The average molecular weight is 288 g/mol. The van der Waals surface area contributed by atoms with Crippen molar-refractivity contribution >= 4 is 16.9 Å². The molecule has 4 nitrogen and oxygen atoms in total. The molecule has 0 unspecified atom stereocenters. The standard InChI is InChI=1S/C17H24N2O2/c1-4-19-10-12(6-5-7-18)15-9-13(17(20)21)8-14(11(2)3)16(15)19/h8-11H,4-7,18H2,1-3H3,(H,20,21). The molecular formula is C17H24N2O2. The molecule has 0 radical (unpaired) electrons. The molecule has 0 atom stereocenters. The molecule has 21 heavy (non-hydrogen) atoms. The average Bonchev–Trinajstić information content (AvgIpc) is 2.81. The third-order valence-electron chi connectivity index (χ3n) is 3.94. The predicted octanol–water partition coefficient (Wildman–Crippen LogP) is 3.37. The van der Waals surface area contributed by atoms with Crippen LogP contribution in [0.1, 0.15) is 54.6 Å². The Morgan fingerprint density at radius 2 is 2.10 bits per heavy atom. The van der Waals surface area contributed by atoms with E-state index in [0.717, 1.165) is 30.3 Å². The minimum atomic E-state index is -0.868. The normalized spacial score (nSPS) is 11.5. The molecule has 1 heterocycles. The highest BCUT2D eigenvalue weighted by molar-refractivity contribution is 5.97. The van der Waals surface area contributed by atoms with Gasteiger partial charge in [0, 0.05) is 18.1 Å². The number of nitrogens with two attached hydrogens (primary N) is 1. The summed E-state index contributed by atoms with van der Waals surface area (Å²) in [6.07, 6.45) is 3.95.